The molecule has 1 aromatic carbocycles. The minimum atomic E-state index is -4.57. The average Bonchev–Trinajstić information content (AvgIpc) is 2.28. The van der Waals surface area contributed by atoms with Gasteiger partial charge in [0, 0.05) is 0 Å². The zero-order valence-electron chi connectivity index (χ0n) is 9.51. The molecule has 0 fully saturated rings. The second-order valence-electron chi connectivity index (χ2n) is 3.81. The van der Waals surface area contributed by atoms with Gasteiger partial charge in [0.15, 0.2) is 5.54 Å². The van der Waals surface area contributed by atoms with Gasteiger partial charge in [-0.25, -0.2) is 0 Å². The van der Waals surface area contributed by atoms with Crippen molar-refractivity contribution >= 4 is 5.69 Å². The monoisotopic (exact) mass is 249 g/mol. The van der Waals surface area contributed by atoms with Crippen molar-refractivity contribution in [3.8, 4) is 5.75 Å². The summed E-state index contributed by atoms with van der Waals surface area (Å²) < 4.78 is 43.2. The fraction of sp³-hybridized carbons (Fsp3) is 0.455. The van der Waals surface area contributed by atoms with E-state index in [1.165, 1.54) is 19.2 Å². The molecule has 0 radical (unpaired) electrons. The molecule has 0 spiro atoms. The third kappa shape index (κ3) is 2.82. The zero-order chi connectivity index (χ0) is 13.1. The van der Waals surface area contributed by atoms with Crippen molar-refractivity contribution in [3.05, 3.63) is 24.3 Å². The van der Waals surface area contributed by atoms with Crippen LogP contribution in [0.3, 0.4) is 0 Å². The Morgan fingerprint density at radius 2 is 1.88 bits per heavy atom. The highest BCUT2D eigenvalue weighted by Gasteiger charge is 2.51. The molecule has 0 saturated carbocycles. The van der Waals surface area contributed by atoms with Gasteiger partial charge in [-0.15, -0.1) is 0 Å². The fourth-order valence-electron chi connectivity index (χ4n) is 1.25. The van der Waals surface area contributed by atoms with Gasteiger partial charge in [0.1, 0.15) is 5.75 Å². The van der Waals surface area contributed by atoms with E-state index >= 15 is 0 Å². The number of hydrogen-bond donors (Lipinski definition) is 2. The summed E-state index contributed by atoms with van der Waals surface area (Å²) in [4.78, 5) is 0. The van der Waals surface area contributed by atoms with Gasteiger partial charge in [0.25, 0.3) is 0 Å². The molecule has 0 saturated heterocycles. The summed E-state index contributed by atoms with van der Waals surface area (Å²) in [5.41, 5.74) is -2.22. The first-order valence-corrected chi connectivity index (χ1v) is 4.93. The Balaban J connectivity index is 3.03. The van der Waals surface area contributed by atoms with Gasteiger partial charge in [-0.3, -0.25) is 0 Å². The Labute approximate surface area is 97.2 Å². The van der Waals surface area contributed by atoms with Crippen LogP contribution >= 0.6 is 0 Å². The third-order valence-electron chi connectivity index (χ3n) is 2.46. The standard InChI is InChI=1S/C11H14F3NO2/c1-10(7-16,11(12,13)14)15-8-5-3-4-6-9(8)17-2/h3-6,15-16H,7H2,1-2H3. The number of anilines is 1. The molecule has 2 N–H and O–H groups in total. The normalized spacial score (nSPS) is 15.2. The van der Waals surface area contributed by atoms with Crippen LogP contribution in [0.25, 0.3) is 0 Å². The van der Waals surface area contributed by atoms with Crippen LogP contribution in [0.2, 0.25) is 0 Å². The number of aliphatic hydroxyl groups excluding tert-OH is 1. The van der Waals surface area contributed by atoms with Crippen LogP contribution in [-0.4, -0.2) is 30.5 Å². The molecule has 1 atom stereocenters. The Hall–Kier alpha value is -1.43. The SMILES string of the molecule is COc1ccccc1NC(C)(CO)C(F)(F)F. The summed E-state index contributed by atoms with van der Waals surface area (Å²) in [5, 5.41) is 11.2. The van der Waals surface area contributed by atoms with Crippen molar-refractivity contribution in [1.82, 2.24) is 0 Å². The summed E-state index contributed by atoms with van der Waals surface area (Å²) >= 11 is 0. The van der Waals surface area contributed by atoms with Gasteiger partial charge in [-0.05, 0) is 19.1 Å². The van der Waals surface area contributed by atoms with Crippen LogP contribution in [0, 0.1) is 0 Å². The van der Waals surface area contributed by atoms with Crippen LogP contribution in [-0.2, 0) is 0 Å². The second kappa shape index (κ2) is 4.83. The van der Waals surface area contributed by atoms with E-state index in [9.17, 15) is 13.2 Å². The highest BCUT2D eigenvalue weighted by atomic mass is 19.4. The number of alkyl halides is 3. The molecule has 6 heteroatoms. The summed E-state index contributed by atoms with van der Waals surface area (Å²) in [6, 6.07) is 6.22. The lowest BCUT2D eigenvalue weighted by atomic mass is 10.0. The molecule has 0 aliphatic heterocycles. The maximum atomic E-state index is 12.8. The first kappa shape index (κ1) is 13.6. The van der Waals surface area contributed by atoms with E-state index in [2.05, 4.69) is 5.32 Å². The van der Waals surface area contributed by atoms with Gasteiger partial charge in [-0.2, -0.15) is 13.2 Å². The van der Waals surface area contributed by atoms with Gasteiger partial charge in [0.2, 0.25) is 0 Å². The molecule has 0 heterocycles. The first-order chi connectivity index (χ1) is 7.84. The van der Waals surface area contributed by atoms with Crippen molar-refractivity contribution in [2.45, 2.75) is 18.6 Å². The maximum Gasteiger partial charge on any atom is 0.413 e. The van der Waals surface area contributed by atoms with Crippen LogP contribution in [0.5, 0.6) is 5.75 Å². The lowest BCUT2D eigenvalue weighted by Gasteiger charge is -2.32. The average molecular weight is 249 g/mol. The van der Waals surface area contributed by atoms with E-state index in [-0.39, 0.29) is 11.4 Å². The quantitative estimate of drug-likeness (QED) is 0.861. The number of methoxy groups -OCH3 is 1. The Bertz CT molecular complexity index is 381. The number of ether oxygens (including phenoxy) is 1. The number of halogens is 3. The van der Waals surface area contributed by atoms with Gasteiger partial charge < -0.3 is 15.2 Å². The lowest BCUT2D eigenvalue weighted by Crippen LogP contribution is -2.52. The van der Waals surface area contributed by atoms with Crippen molar-refractivity contribution in [3.63, 3.8) is 0 Å². The van der Waals surface area contributed by atoms with E-state index in [0.29, 0.717) is 0 Å². The summed E-state index contributed by atoms with van der Waals surface area (Å²) in [6.07, 6.45) is -4.57. The summed E-state index contributed by atoms with van der Waals surface area (Å²) in [5.74, 6) is 0.288. The predicted molar refractivity (Wildman–Crippen MR) is 58.2 cm³/mol. The lowest BCUT2D eigenvalue weighted by molar-refractivity contribution is -0.182. The molecule has 0 aliphatic rings. The predicted octanol–water partition coefficient (Wildman–Crippen LogP) is 2.42. The Kier molecular flexibility index (Phi) is 3.87. The number of para-hydroxylation sites is 2. The van der Waals surface area contributed by atoms with Crippen LogP contribution in [0.15, 0.2) is 24.3 Å². The molecule has 1 aromatic rings. The maximum absolute atomic E-state index is 12.8. The number of benzene rings is 1. The minimum Gasteiger partial charge on any atom is -0.495 e. The molecule has 1 unspecified atom stereocenters. The van der Waals surface area contributed by atoms with E-state index in [0.717, 1.165) is 6.92 Å². The van der Waals surface area contributed by atoms with E-state index in [4.69, 9.17) is 9.84 Å². The largest absolute Gasteiger partial charge is 0.495 e. The highest BCUT2D eigenvalue weighted by molar-refractivity contribution is 5.57. The molecule has 0 bridgehead atoms. The van der Waals surface area contributed by atoms with Crippen molar-refractivity contribution in [2.24, 2.45) is 0 Å². The number of hydrogen-bond acceptors (Lipinski definition) is 3. The second-order valence-corrected chi connectivity index (χ2v) is 3.81. The molecular weight excluding hydrogens is 235 g/mol. The van der Waals surface area contributed by atoms with E-state index < -0.39 is 18.3 Å². The Morgan fingerprint density at radius 3 is 2.35 bits per heavy atom. The smallest absolute Gasteiger partial charge is 0.413 e. The van der Waals surface area contributed by atoms with Crippen molar-refractivity contribution in [2.75, 3.05) is 19.0 Å². The minimum absolute atomic E-state index is 0.184. The molecule has 0 amide bonds. The van der Waals surface area contributed by atoms with Crippen molar-refractivity contribution in [1.29, 1.82) is 0 Å². The van der Waals surface area contributed by atoms with Crippen molar-refractivity contribution < 1.29 is 23.0 Å². The third-order valence-corrected chi connectivity index (χ3v) is 2.46. The molecule has 17 heavy (non-hydrogen) atoms. The molecule has 0 aliphatic carbocycles. The molecule has 3 nitrogen and oxygen atoms in total. The zero-order valence-corrected chi connectivity index (χ0v) is 9.51. The highest BCUT2D eigenvalue weighted by Crippen LogP contribution is 2.35. The van der Waals surface area contributed by atoms with E-state index in [1.54, 1.807) is 12.1 Å². The van der Waals surface area contributed by atoms with Gasteiger partial charge in [-0.1, -0.05) is 12.1 Å². The number of rotatable bonds is 4. The molecule has 96 valence electrons. The van der Waals surface area contributed by atoms with Gasteiger partial charge in [0.05, 0.1) is 19.4 Å². The van der Waals surface area contributed by atoms with Gasteiger partial charge >= 0.3 is 6.18 Å². The summed E-state index contributed by atoms with van der Waals surface area (Å²) in [6.45, 7) is -0.173. The van der Waals surface area contributed by atoms with Crippen LogP contribution < -0.4 is 10.1 Å². The first-order valence-electron chi connectivity index (χ1n) is 4.93. The van der Waals surface area contributed by atoms with Crippen LogP contribution in [0.4, 0.5) is 18.9 Å². The summed E-state index contributed by atoms with van der Waals surface area (Å²) in [7, 11) is 1.37. The van der Waals surface area contributed by atoms with Crippen LogP contribution in [0.1, 0.15) is 6.92 Å². The topological polar surface area (TPSA) is 41.5 Å². The Morgan fingerprint density at radius 1 is 1.29 bits per heavy atom. The molecule has 0 aromatic heterocycles. The molecular formula is C11H14F3NO2. The number of nitrogens with one attached hydrogen (secondary N) is 1. The van der Waals surface area contributed by atoms with E-state index in [1.807, 2.05) is 0 Å². The fourth-order valence-corrected chi connectivity index (χ4v) is 1.25. The molecule has 1 rings (SSSR count). The number of aliphatic hydroxyl groups is 1.